The summed E-state index contributed by atoms with van der Waals surface area (Å²) in [5, 5.41) is 11.7. The molecule has 118 valence electrons. The molecule has 0 fully saturated rings. The molecule has 6 nitrogen and oxygen atoms in total. The smallest absolute Gasteiger partial charge is 0.263 e. The Balaban J connectivity index is 1.79. The second-order valence-electron chi connectivity index (χ2n) is 5.06. The van der Waals surface area contributed by atoms with Crippen molar-refractivity contribution in [3.8, 4) is 6.07 Å². The zero-order chi connectivity index (χ0) is 17.3. The molecule has 2 aromatic rings. The molecule has 0 atom stereocenters. The Morgan fingerprint density at radius 1 is 1.12 bits per heavy atom. The van der Waals surface area contributed by atoms with Crippen molar-refractivity contribution in [2.75, 3.05) is 11.9 Å². The van der Waals surface area contributed by atoms with E-state index >= 15 is 0 Å². The van der Waals surface area contributed by atoms with Crippen molar-refractivity contribution < 1.29 is 14.4 Å². The third-order valence-corrected chi connectivity index (χ3v) is 3.89. The monoisotopic (exact) mass is 339 g/mol. The van der Waals surface area contributed by atoms with Gasteiger partial charge in [0.25, 0.3) is 11.8 Å². The molecule has 0 radical (unpaired) electrons. The van der Waals surface area contributed by atoms with Crippen molar-refractivity contribution in [1.82, 2.24) is 4.90 Å². The van der Waals surface area contributed by atoms with Crippen LogP contribution >= 0.6 is 11.6 Å². The van der Waals surface area contributed by atoms with Gasteiger partial charge in [-0.2, -0.15) is 5.26 Å². The van der Waals surface area contributed by atoms with Crippen LogP contribution in [0, 0.1) is 11.3 Å². The molecular formula is C17H10ClN3O3. The predicted molar refractivity (Wildman–Crippen MR) is 86.6 cm³/mol. The first-order valence-electron chi connectivity index (χ1n) is 6.96. The standard InChI is InChI=1S/C17H10ClN3O3/c18-12-6-3-5-11-15(12)17(24)21(16(11)23)9-14(22)20-13-7-2-1-4-10(13)8-19/h1-7H,9H2,(H,20,22). The van der Waals surface area contributed by atoms with E-state index in [0.29, 0.717) is 5.69 Å². The Morgan fingerprint density at radius 2 is 1.88 bits per heavy atom. The number of halogens is 1. The van der Waals surface area contributed by atoms with Crippen LogP contribution in [0.3, 0.4) is 0 Å². The van der Waals surface area contributed by atoms with Crippen LogP contribution in [0.15, 0.2) is 42.5 Å². The van der Waals surface area contributed by atoms with Gasteiger partial charge in [-0.3, -0.25) is 19.3 Å². The molecule has 0 aliphatic carbocycles. The highest BCUT2D eigenvalue weighted by atomic mass is 35.5. The van der Waals surface area contributed by atoms with E-state index in [1.807, 2.05) is 6.07 Å². The summed E-state index contributed by atoms with van der Waals surface area (Å²) >= 11 is 5.96. The van der Waals surface area contributed by atoms with Crippen LogP contribution in [-0.4, -0.2) is 29.2 Å². The van der Waals surface area contributed by atoms with Gasteiger partial charge in [0.1, 0.15) is 12.6 Å². The van der Waals surface area contributed by atoms with Crippen LogP contribution in [0.5, 0.6) is 0 Å². The topological polar surface area (TPSA) is 90.3 Å². The van der Waals surface area contributed by atoms with Crippen LogP contribution in [0.1, 0.15) is 26.3 Å². The van der Waals surface area contributed by atoms with Crippen LogP contribution in [0.4, 0.5) is 5.69 Å². The molecule has 3 amide bonds. The normalized spacial score (nSPS) is 12.8. The fourth-order valence-electron chi connectivity index (χ4n) is 2.46. The number of para-hydroxylation sites is 1. The summed E-state index contributed by atoms with van der Waals surface area (Å²) < 4.78 is 0. The van der Waals surface area contributed by atoms with Crippen molar-refractivity contribution in [1.29, 1.82) is 5.26 Å². The average Bonchev–Trinajstić information content (AvgIpc) is 2.81. The fraction of sp³-hybridized carbons (Fsp3) is 0.0588. The lowest BCUT2D eigenvalue weighted by Crippen LogP contribution is -2.37. The van der Waals surface area contributed by atoms with E-state index in [-0.39, 0.29) is 21.7 Å². The number of nitrogens with one attached hydrogen (secondary N) is 1. The van der Waals surface area contributed by atoms with Crippen LogP contribution in [-0.2, 0) is 4.79 Å². The maximum absolute atomic E-state index is 12.3. The van der Waals surface area contributed by atoms with E-state index < -0.39 is 24.3 Å². The molecule has 7 heteroatoms. The van der Waals surface area contributed by atoms with Gasteiger partial charge in [0.15, 0.2) is 0 Å². The number of carbonyl (C=O) groups is 3. The van der Waals surface area contributed by atoms with E-state index in [1.165, 1.54) is 12.1 Å². The van der Waals surface area contributed by atoms with Gasteiger partial charge in [-0.1, -0.05) is 29.8 Å². The number of benzene rings is 2. The summed E-state index contributed by atoms with van der Waals surface area (Å²) in [4.78, 5) is 37.6. The zero-order valence-corrected chi connectivity index (χ0v) is 13.0. The third kappa shape index (κ3) is 2.62. The van der Waals surface area contributed by atoms with Gasteiger partial charge in [0.05, 0.1) is 27.4 Å². The molecule has 1 aliphatic rings. The summed E-state index contributed by atoms with van der Waals surface area (Å²) in [5.74, 6) is -1.76. The zero-order valence-electron chi connectivity index (χ0n) is 12.2. The molecule has 3 rings (SSSR count). The SMILES string of the molecule is N#Cc1ccccc1NC(=O)CN1C(=O)c2cccc(Cl)c2C1=O. The van der Waals surface area contributed by atoms with Gasteiger partial charge < -0.3 is 5.32 Å². The van der Waals surface area contributed by atoms with Gasteiger partial charge in [-0.15, -0.1) is 0 Å². The molecule has 0 saturated heterocycles. The molecular weight excluding hydrogens is 330 g/mol. The molecule has 1 heterocycles. The first-order chi connectivity index (χ1) is 11.5. The summed E-state index contributed by atoms with van der Waals surface area (Å²) in [6.07, 6.45) is 0. The van der Waals surface area contributed by atoms with Crippen molar-refractivity contribution in [3.05, 3.63) is 64.2 Å². The van der Waals surface area contributed by atoms with Crippen LogP contribution < -0.4 is 5.32 Å². The van der Waals surface area contributed by atoms with Crippen LogP contribution in [0.2, 0.25) is 5.02 Å². The van der Waals surface area contributed by atoms with Crippen molar-refractivity contribution in [2.24, 2.45) is 0 Å². The average molecular weight is 340 g/mol. The maximum atomic E-state index is 12.3. The van der Waals surface area contributed by atoms with E-state index in [0.717, 1.165) is 4.90 Å². The highest BCUT2D eigenvalue weighted by Gasteiger charge is 2.38. The van der Waals surface area contributed by atoms with Gasteiger partial charge >= 0.3 is 0 Å². The summed E-state index contributed by atoms with van der Waals surface area (Å²) in [7, 11) is 0. The highest BCUT2D eigenvalue weighted by molar-refractivity contribution is 6.37. The predicted octanol–water partition coefficient (Wildman–Crippen LogP) is 2.45. The lowest BCUT2D eigenvalue weighted by atomic mass is 10.1. The number of amides is 3. The molecule has 2 aromatic carbocycles. The number of nitrogens with zero attached hydrogens (tertiary/aromatic N) is 2. The molecule has 1 aliphatic heterocycles. The molecule has 0 bridgehead atoms. The van der Waals surface area contributed by atoms with E-state index in [9.17, 15) is 14.4 Å². The van der Waals surface area contributed by atoms with Gasteiger partial charge in [-0.05, 0) is 24.3 Å². The molecule has 0 spiro atoms. The van der Waals surface area contributed by atoms with E-state index in [1.54, 1.807) is 30.3 Å². The minimum atomic E-state index is -0.607. The summed E-state index contributed by atoms with van der Waals surface area (Å²) in [6, 6.07) is 13.0. The number of anilines is 1. The summed E-state index contributed by atoms with van der Waals surface area (Å²) in [6.45, 7) is -0.456. The Morgan fingerprint density at radius 3 is 2.58 bits per heavy atom. The van der Waals surface area contributed by atoms with Gasteiger partial charge in [-0.25, -0.2) is 0 Å². The third-order valence-electron chi connectivity index (χ3n) is 3.57. The maximum Gasteiger partial charge on any atom is 0.263 e. The highest BCUT2D eigenvalue weighted by Crippen LogP contribution is 2.29. The molecule has 0 saturated carbocycles. The number of carbonyl (C=O) groups excluding carboxylic acids is 3. The number of fused-ring (bicyclic) bond motifs is 1. The van der Waals surface area contributed by atoms with Gasteiger partial charge in [0, 0.05) is 0 Å². The Bertz CT molecular complexity index is 918. The number of hydrogen-bond donors (Lipinski definition) is 1. The van der Waals surface area contributed by atoms with E-state index in [4.69, 9.17) is 16.9 Å². The summed E-state index contributed by atoms with van der Waals surface area (Å²) in [5.41, 5.74) is 0.892. The second kappa shape index (κ2) is 6.14. The van der Waals surface area contributed by atoms with Gasteiger partial charge in [0.2, 0.25) is 5.91 Å². The van der Waals surface area contributed by atoms with Crippen molar-refractivity contribution >= 4 is 35.0 Å². The minimum Gasteiger partial charge on any atom is -0.323 e. The Hall–Kier alpha value is -3.17. The minimum absolute atomic E-state index is 0.106. The first-order valence-corrected chi connectivity index (χ1v) is 7.34. The lowest BCUT2D eigenvalue weighted by molar-refractivity contribution is -0.116. The number of imide groups is 1. The Labute approximate surface area is 142 Å². The quantitative estimate of drug-likeness (QED) is 0.870. The lowest BCUT2D eigenvalue weighted by Gasteiger charge is -2.14. The van der Waals surface area contributed by atoms with E-state index in [2.05, 4.69) is 5.32 Å². The van der Waals surface area contributed by atoms with Crippen molar-refractivity contribution in [3.63, 3.8) is 0 Å². The number of rotatable bonds is 3. The molecule has 1 N–H and O–H groups in total. The Kier molecular flexibility index (Phi) is 4.02. The second-order valence-corrected chi connectivity index (χ2v) is 5.47. The number of hydrogen-bond acceptors (Lipinski definition) is 4. The first kappa shape index (κ1) is 15.7. The van der Waals surface area contributed by atoms with Crippen molar-refractivity contribution in [2.45, 2.75) is 0 Å². The molecule has 0 unspecified atom stereocenters. The molecule has 0 aromatic heterocycles. The van der Waals surface area contributed by atoms with Crippen LogP contribution in [0.25, 0.3) is 0 Å². The fourth-order valence-corrected chi connectivity index (χ4v) is 2.71. The molecule has 24 heavy (non-hydrogen) atoms. The number of nitriles is 1. The largest absolute Gasteiger partial charge is 0.323 e.